The van der Waals surface area contributed by atoms with Crippen LogP contribution in [-0.2, 0) is 4.79 Å². The highest BCUT2D eigenvalue weighted by molar-refractivity contribution is 7.15. The van der Waals surface area contributed by atoms with E-state index in [0.29, 0.717) is 16.6 Å². The number of rotatable bonds is 6. The van der Waals surface area contributed by atoms with Crippen LogP contribution in [0.1, 0.15) is 30.3 Å². The first-order chi connectivity index (χ1) is 11.0. The smallest absolute Gasteiger partial charge is 0.250 e. The molecule has 1 N–H and O–H groups in total. The van der Waals surface area contributed by atoms with E-state index in [4.69, 9.17) is 9.47 Å². The van der Waals surface area contributed by atoms with Gasteiger partial charge in [-0.05, 0) is 18.2 Å². The lowest BCUT2D eigenvalue weighted by Gasteiger charge is -2.07. The fraction of sp³-hybridized carbons (Fsp3) is 0.312. The van der Waals surface area contributed by atoms with Crippen LogP contribution >= 0.6 is 11.3 Å². The largest absolute Gasteiger partial charge is 0.497 e. The minimum absolute atomic E-state index is 0.269. The molecule has 23 heavy (non-hydrogen) atoms. The summed E-state index contributed by atoms with van der Waals surface area (Å²) in [5.41, 5.74) is 0.781. The number of amides is 1. The van der Waals surface area contributed by atoms with E-state index < -0.39 is 0 Å². The van der Waals surface area contributed by atoms with Crippen LogP contribution < -0.4 is 14.8 Å². The van der Waals surface area contributed by atoms with Crippen molar-refractivity contribution in [1.29, 1.82) is 0 Å². The zero-order valence-corrected chi connectivity index (χ0v) is 14.3. The Bertz CT molecular complexity index is 710. The van der Waals surface area contributed by atoms with E-state index in [1.165, 1.54) is 17.4 Å². The molecule has 6 nitrogen and oxygen atoms in total. The molecule has 2 aromatic rings. The fourth-order valence-corrected chi connectivity index (χ4v) is 2.54. The first kappa shape index (κ1) is 17.0. The third kappa shape index (κ3) is 4.53. The summed E-state index contributed by atoms with van der Waals surface area (Å²) in [6, 6.07) is 5.39. The number of aromatic nitrogens is 2. The molecule has 0 saturated heterocycles. The number of nitrogens with one attached hydrogen (secondary N) is 1. The first-order valence-corrected chi connectivity index (χ1v) is 7.89. The number of hydrogen-bond donors (Lipinski definition) is 1. The van der Waals surface area contributed by atoms with Crippen LogP contribution in [0.25, 0.3) is 6.08 Å². The molecule has 122 valence electrons. The Morgan fingerprint density at radius 2 is 2.04 bits per heavy atom. The molecule has 0 aliphatic rings. The van der Waals surface area contributed by atoms with Crippen molar-refractivity contribution in [2.24, 2.45) is 0 Å². The van der Waals surface area contributed by atoms with Gasteiger partial charge in [-0.15, -0.1) is 10.2 Å². The summed E-state index contributed by atoms with van der Waals surface area (Å²) in [6.45, 7) is 4.06. The van der Waals surface area contributed by atoms with Crippen molar-refractivity contribution in [3.8, 4) is 11.5 Å². The normalized spacial score (nSPS) is 11.0. The Kier molecular flexibility index (Phi) is 5.70. The van der Waals surface area contributed by atoms with Crippen LogP contribution in [0, 0.1) is 0 Å². The fourth-order valence-electron chi connectivity index (χ4n) is 1.79. The highest BCUT2D eigenvalue weighted by Gasteiger charge is 2.09. The zero-order chi connectivity index (χ0) is 16.8. The third-order valence-corrected chi connectivity index (χ3v) is 4.16. The van der Waals surface area contributed by atoms with E-state index in [0.717, 1.165) is 10.6 Å². The van der Waals surface area contributed by atoms with Gasteiger partial charge >= 0.3 is 0 Å². The lowest BCUT2D eigenvalue weighted by atomic mass is 10.1. The molecular formula is C16H19N3O3S. The first-order valence-electron chi connectivity index (χ1n) is 7.08. The molecule has 0 atom stereocenters. The average Bonchev–Trinajstić information content (AvgIpc) is 3.01. The molecule has 0 saturated carbocycles. The van der Waals surface area contributed by atoms with Crippen molar-refractivity contribution in [1.82, 2.24) is 10.2 Å². The van der Waals surface area contributed by atoms with Gasteiger partial charge in [-0.1, -0.05) is 25.2 Å². The number of nitrogens with zero attached hydrogens (tertiary/aromatic N) is 2. The maximum atomic E-state index is 12.0. The SMILES string of the molecule is COc1ccc(/C=C/C(=O)Nc2nnc(C(C)C)s2)c(OC)c1. The molecule has 1 heterocycles. The number of benzene rings is 1. The van der Waals surface area contributed by atoms with Gasteiger partial charge in [-0.3, -0.25) is 10.1 Å². The number of hydrogen-bond acceptors (Lipinski definition) is 6. The van der Waals surface area contributed by atoms with E-state index in [1.807, 2.05) is 19.9 Å². The van der Waals surface area contributed by atoms with Gasteiger partial charge in [0, 0.05) is 23.6 Å². The molecule has 0 aliphatic carbocycles. The van der Waals surface area contributed by atoms with E-state index in [-0.39, 0.29) is 11.8 Å². The summed E-state index contributed by atoms with van der Waals surface area (Å²) in [5.74, 6) is 1.34. The summed E-state index contributed by atoms with van der Waals surface area (Å²) >= 11 is 1.37. The quantitative estimate of drug-likeness (QED) is 0.821. The van der Waals surface area contributed by atoms with Gasteiger partial charge in [0.05, 0.1) is 14.2 Å². The van der Waals surface area contributed by atoms with E-state index in [9.17, 15) is 4.79 Å². The zero-order valence-electron chi connectivity index (χ0n) is 13.5. The molecule has 0 radical (unpaired) electrons. The highest BCUT2D eigenvalue weighted by atomic mass is 32.1. The second-order valence-corrected chi connectivity index (χ2v) is 6.04. The molecule has 0 unspecified atom stereocenters. The van der Waals surface area contributed by atoms with Gasteiger partial charge in [-0.25, -0.2) is 0 Å². The predicted molar refractivity (Wildman–Crippen MR) is 91.2 cm³/mol. The van der Waals surface area contributed by atoms with Crippen LogP contribution in [0.5, 0.6) is 11.5 Å². The summed E-state index contributed by atoms with van der Waals surface area (Å²) in [6.07, 6.45) is 3.11. The number of ether oxygens (including phenoxy) is 2. The summed E-state index contributed by atoms with van der Waals surface area (Å²) in [7, 11) is 3.16. The summed E-state index contributed by atoms with van der Waals surface area (Å²) in [5, 5.41) is 12.1. The maximum absolute atomic E-state index is 12.0. The van der Waals surface area contributed by atoms with E-state index >= 15 is 0 Å². The van der Waals surface area contributed by atoms with Crippen molar-refractivity contribution >= 4 is 28.5 Å². The van der Waals surface area contributed by atoms with Crippen molar-refractivity contribution < 1.29 is 14.3 Å². The van der Waals surface area contributed by atoms with Crippen molar-refractivity contribution in [3.05, 3.63) is 34.8 Å². The van der Waals surface area contributed by atoms with Crippen LogP contribution in [-0.4, -0.2) is 30.3 Å². The van der Waals surface area contributed by atoms with Crippen LogP contribution in [0.2, 0.25) is 0 Å². The Balaban J connectivity index is 2.05. The lowest BCUT2D eigenvalue weighted by molar-refractivity contribution is -0.111. The Hall–Kier alpha value is -2.41. The average molecular weight is 333 g/mol. The predicted octanol–water partition coefficient (Wildman–Crippen LogP) is 3.33. The van der Waals surface area contributed by atoms with Gasteiger partial charge in [0.15, 0.2) is 0 Å². The molecule has 0 spiro atoms. The molecular weight excluding hydrogens is 314 g/mol. The van der Waals surface area contributed by atoms with Crippen LogP contribution in [0.4, 0.5) is 5.13 Å². The molecule has 0 bridgehead atoms. The van der Waals surface area contributed by atoms with Gasteiger partial charge in [0.2, 0.25) is 11.0 Å². The Morgan fingerprint density at radius 3 is 2.65 bits per heavy atom. The molecule has 1 amide bonds. The second kappa shape index (κ2) is 7.73. The molecule has 0 fully saturated rings. The molecule has 1 aromatic carbocycles. The second-order valence-electron chi connectivity index (χ2n) is 5.03. The van der Waals surface area contributed by atoms with Crippen LogP contribution in [0.15, 0.2) is 24.3 Å². The molecule has 2 rings (SSSR count). The van der Waals surface area contributed by atoms with Gasteiger partial charge in [-0.2, -0.15) is 0 Å². The molecule has 1 aromatic heterocycles. The summed E-state index contributed by atoms with van der Waals surface area (Å²) in [4.78, 5) is 12.0. The summed E-state index contributed by atoms with van der Waals surface area (Å²) < 4.78 is 10.4. The molecule has 7 heteroatoms. The number of anilines is 1. The minimum Gasteiger partial charge on any atom is -0.497 e. The number of carbonyl (C=O) groups is 1. The van der Waals surface area contributed by atoms with Crippen molar-refractivity contribution in [2.45, 2.75) is 19.8 Å². The van der Waals surface area contributed by atoms with Gasteiger partial charge < -0.3 is 9.47 Å². The van der Waals surface area contributed by atoms with Crippen molar-refractivity contribution in [2.75, 3.05) is 19.5 Å². The highest BCUT2D eigenvalue weighted by Crippen LogP contribution is 2.26. The minimum atomic E-state index is -0.269. The third-order valence-electron chi connectivity index (χ3n) is 3.02. The van der Waals surface area contributed by atoms with Gasteiger partial charge in [0.1, 0.15) is 16.5 Å². The number of carbonyl (C=O) groups excluding carboxylic acids is 1. The number of methoxy groups -OCH3 is 2. The standard InChI is InChI=1S/C16H19N3O3S/c1-10(2)15-18-19-16(23-15)17-14(20)8-6-11-5-7-12(21-3)9-13(11)22-4/h5-10H,1-4H3,(H,17,19,20)/b8-6+. The monoisotopic (exact) mass is 333 g/mol. The van der Waals surface area contributed by atoms with E-state index in [2.05, 4.69) is 15.5 Å². The lowest BCUT2D eigenvalue weighted by Crippen LogP contribution is -2.07. The van der Waals surface area contributed by atoms with Gasteiger partial charge in [0.25, 0.3) is 0 Å². The van der Waals surface area contributed by atoms with E-state index in [1.54, 1.807) is 32.4 Å². The topological polar surface area (TPSA) is 73.3 Å². The van der Waals surface area contributed by atoms with Crippen molar-refractivity contribution in [3.63, 3.8) is 0 Å². The molecule has 0 aliphatic heterocycles. The Morgan fingerprint density at radius 1 is 1.26 bits per heavy atom. The van der Waals surface area contributed by atoms with Crippen LogP contribution in [0.3, 0.4) is 0 Å². The maximum Gasteiger partial charge on any atom is 0.250 e. The Labute approximate surface area is 139 Å².